The average Bonchev–Trinajstić information content (AvgIpc) is 2.77. The van der Waals surface area contributed by atoms with Crippen molar-refractivity contribution < 1.29 is 0 Å². The summed E-state index contributed by atoms with van der Waals surface area (Å²) in [6, 6.07) is 8.75. The Bertz CT molecular complexity index is 1530. The molecule has 30 heavy (non-hydrogen) atoms. The van der Waals surface area contributed by atoms with E-state index in [0.717, 1.165) is 0 Å². The molecule has 0 saturated carbocycles. The molecule has 0 bridgehead atoms. The predicted molar refractivity (Wildman–Crippen MR) is 102 cm³/mol. The maximum Gasteiger partial charge on any atom is 0.177 e. The van der Waals surface area contributed by atoms with Crippen molar-refractivity contribution in [2.45, 2.75) is 13.0 Å². The van der Waals surface area contributed by atoms with Gasteiger partial charge in [-0.25, -0.2) is 19.9 Å². The molecular weight excluding hydrogens is 382 g/mol. The lowest BCUT2D eigenvalue weighted by atomic mass is 10.0. The van der Waals surface area contributed by atoms with Crippen LogP contribution in [0.2, 0.25) is 0 Å². The van der Waals surface area contributed by atoms with Crippen LogP contribution in [0.5, 0.6) is 0 Å². The fraction of sp³-hybridized carbons (Fsp3) is 0.158. The maximum atomic E-state index is 9.57. The van der Waals surface area contributed by atoms with Crippen LogP contribution >= 0.6 is 0 Å². The van der Waals surface area contributed by atoms with E-state index in [1.807, 2.05) is 24.3 Å². The summed E-state index contributed by atoms with van der Waals surface area (Å²) >= 11 is 0. The molecule has 138 valence electrons. The van der Waals surface area contributed by atoms with Gasteiger partial charge < -0.3 is 4.90 Å². The van der Waals surface area contributed by atoms with E-state index in [4.69, 9.17) is 0 Å². The van der Waals surface area contributed by atoms with Gasteiger partial charge in [-0.2, -0.15) is 26.3 Å². The number of hydrogen-bond acceptors (Lipinski definition) is 11. The molecule has 1 aliphatic rings. The van der Waals surface area contributed by atoms with Gasteiger partial charge in [-0.1, -0.05) is 0 Å². The van der Waals surface area contributed by atoms with E-state index in [1.54, 1.807) is 18.9 Å². The molecule has 2 aromatic heterocycles. The molecule has 4 rings (SSSR count). The Kier molecular flexibility index (Phi) is 3.92. The van der Waals surface area contributed by atoms with Gasteiger partial charge in [0.25, 0.3) is 0 Å². The van der Waals surface area contributed by atoms with Crippen LogP contribution in [0.25, 0.3) is 22.1 Å². The lowest BCUT2D eigenvalue weighted by molar-refractivity contribution is 0.920. The number of aliphatic imine (C=N–C) groups is 1. The van der Waals surface area contributed by atoms with E-state index in [9.17, 15) is 26.3 Å². The minimum atomic E-state index is -0.706. The molecule has 1 aliphatic heterocycles. The number of aromatic nitrogens is 4. The van der Waals surface area contributed by atoms with Gasteiger partial charge in [-0.05, 0) is 6.92 Å². The number of nitrogens with zero attached hydrogens (tertiary/aromatic N) is 11. The van der Waals surface area contributed by atoms with Crippen molar-refractivity contribution in [3.8, 4) is 30.3 Å². The summed E-state index contributed by atoms with van der Waals surface area (Å²) in [6.07, 6.45) is 0. The second-order valence-corrected chi connectivity index (χ2v) is 6.28. The normalized spacial score (nSPS) is 14.6. The van der Waals surface area contributed by atoms with Crippen LogP contribution in [0, 0.1) is 56.7 Å². The zero-order valence-electron chi connectivity index (χ0n) is 15.5. The van der Waals surface area contributed by atoms with Gasteiger partial charge in [-0.15, -0.1) is 0 Å². The number of benzene rings is 1. The third-order valence-corrected chi connectivity index (χ3v) is 4.66. The van der Waals surface area contributed by atoms with E-state index in [1.165, 1.54) is 0 Å². The third kappa shape index (κ3) is 2.29. The minimum Gasteiger partial charge on any atom is -0.351 e. The first-order chi connectivity index (χ1) is 14.5. The van der Waals surface area contributed by atoms with E-state index in [2.05, 4.69) is 31.0 Å². The van der Waals surface area contributed by atoms with Crippen molar-refractivity contribution in [3.05, 3.63) is 22.8 Å². The highest BCUT2D eigenvalue weighted by atomic mass is 15.2. The lowest BCUT2D eigenvalue weighted by Crippen LogP contribution is -2.38. The fourth-order valence-electron chi connectivity index (χ4n) is 3.33. The molecule has 0 amide bonds. The summed E-state index contributed by atoms with van der Waals surface area (Å²) in [7, 11) is 1.66. The van der Waals surface area contributed by atoms with Crippen LogP contribution in [-0.2, 0) is 0 Å². The first-order valence-corrected chi connectivity index (χ1v) is 8.36. The Morgan fingerprint density at radius 3 is 1.60 bits per heavy atom. The molecule has 1 atom stereocenters. The monoisotopic (exact) mass is 389 g/mol. The van der Waals surface area contributed by atoms with Crippen LogP contribution in [-0.4, -0.2) is 38.7 Å². The SMILES string of the molecule is CC1=Nc2c(c3nc(C#N)c(C#N)nc3c3nc(C#N)c(C#N)nc23)N(C)C1C#N. The minimum absolute atomic E-state index is 0.117. The first-order valence-electron chi connectivity index (χ1n) is 8.36. The molecule has 3 aromatic rings. The Hall–Kier alpha value is -5.18. The van der Waals surface area contributed by atoms with Crippen molar-refractivity contribution in [1.29, 1.82) is 26.3 Å². The number of anilines is 1. The Balaban J connectivity index is 2.34. The average molecular weight is 389 g/mol. The van der Waals surface area contributed by atoms with Gasteiger partial charge in [0.05, 0.1) is 17.5 Å². The Labute approximate surface area is 169 Å². The van der Waals surface area contributed by atoms with E-state index in [-0.39, 0.29) is 44.8 Å². The second kappa shape index (κ2) is 6.46. The Morgan fingerprint density at radius 1 is 0.700 bits per heavy atom. The van der Waals surface area contributed by atoms with Crippen molar-refractivity contribution in [2.75, 3.05) is 11.9 Å². The molecule has 0 radical (unpaired) electrons. The fourth-order valence-corrected chi connectivity index (χ4v) is 3.33. The molecule has 0 fully saturated rings. The molecule has 0 saturated heterocycles. The van der Waals surface area contributed by atoms with E-state index in [0.29, 0.717) is 17.1 Å². The van der Waals surface area contributed by atoms with Gasteiger partial charge in [0.1, 0.15) is 52.0 Å². The molecule has 11 heteroatoms. The second-order valence-electron chi connectivity index (χ2n) is 6.28. The molecule has 0 N–H and O–H groups in total. The van der Waals surface area contributed by atoms with Gasteiger partial charge in [-0.3, -0.25) is 4.99 Å². The molecule has 1 unspecified atom stereocenters. The number of nitriles is 5. The maximum absolute atomic E-state index is 9.57. The molecule has 11 nitrogen and oxygen atoms in total. The first kappa shape index (κ1) is 18.2. The summed E-state index contributed by atoms with van der Waals surface area (Å²) in [5.74, 6) is 0. The van der Waals surface area contributed by atoms with Gasteiger partial charge >= 0.3 is 0 Å². The third-order valence-electron chi connectivity index (χ3n) is 4.66. The molecule has 3 heterocycles. The van der Waals surface area contributed by atoms with Crippen molar-refractivity contribution in [3.63, 3.8) is 0 Å². The topological polar surface area (TPSA) is 186 Å². The molecule has 0 aliphatic carbocycles. The molecule has 1 aromatic carbocycles. The summed E-state index contributed by atoms with van der Waals surface area (Å²) in [4.78, 5) is 23.1. The largest absolute Gasteiger partial charge is 0.351 e. The van der Waals surface area contributed by atoms with Crippen molar-refractivity contribution in [1.82, 2.24) is 19.9 Å². The number of rotatable bonds is 0. The standard InChI is InChI=1S/C19H7N11/c1-8-13(7-24)30(2)19-17(25-8)15-14(26-9(3-20)10(4-21)27-15)16-18(19)29-12(6-23)11(5-22)28-16/h13H,1-2H3. The van der Waals surface area contributed by atoms with Gasteiger partial charge in [0.15, 0.2) is 28.8 Å². The van der Waals surface area contributed by atoms with Gasteiger partial charge in [0, 0.05) is 7.05 Å². The molecule has 0 spiro atoms. The van der Waals surface area contributed by atoms with Crippen LogP contribution in [0.3, 0.4) is 0 Å². The van der Waals surface area contributed by atoms with Crippen LogP contribution in [0.1, 0.15) is 29.7 Å². The Morgan fingerprint density at radius 2 is 1.13 bits per heavy atom. The van der Waals surface area contributed by atoms with Gasteiger partial charge in [0.2, 0.25) is 0 Å². The highest BCUT2D eigenvalue weighted by Crippen LogP contribution is 2.44. The van der Waals surface area contributed by atoms with Crippen LogP contribution < -0.4 is 4.90 Å². The van der Waals surface area contributed by atoms with Crippen molar-refractivity contribution >= 4 is 39.2 Å². The summed E-state index contributed by atoms with van der Waals surface area (Å²) in [5, 5.41) is 47.0. The lowest BCUT2D eigenvalue weighted by Gasteiger charge is -2.31. The summed E-state index contributed by atoms with van der Waals surface area (Å²) in [6.45, 7) is 1.68. The highest BCUT2D eigenvalue weighted by molar-refractivity contribution is 6.17. The summed E-state index contributed by atoms with van der Waals surface area (Å²) < 4.78 is 0. The smallest absolute Gasteiger partial charge is 0.177 e. The molecular formula is C19H7N11. The highest BCUT2D eigenvalue weighted by Gasteiger charge is 2.32. The van der Waals surface area contributed by atoms with Crippen molar-refractivity contribution in [2.24, 2.45) is 4.99 Å². The summed E-state index contributed by atoms with van der Waals surface area (Å²) in [5.41, 5.74) is 0.939. The zero-order valence-corrected chi connectivity index (χ0v) is 15.5. The number of fused-ring (bicyclic) bond motifs is 6. The van der Waals surface area contributed by atoms with Crippen LogP contribution in [0.15, 0.2) is 4.99 Å². The predicted octanol–water partition coefficient (Wildman–Crippen LogP) is 1.49. The van der Waals surface area contributed by atoms with E-state index < -0.39 is 6.04 Å². The van der Waals surface area contributed by atoms with E-state index >= 15 is 0 Å². The number of hydrogen-bond donors (Lipinski definition) is 0. The quantitative estimate of drug-likeness (QED) is 0.510. The zero-order chi connectivity index (χ0) is 21.6. The van der Waals surface area contributed by atoms with Crippen LogP contribution in [0.4, 0.5) is 11.4 Å².